The third kappa shape index (κ3) is 3.04. The maximum atomic E-state index is 12.2. The number of nitrogens with two attached hydrogens (primary N) is 1. The molecule has 0 radical (unpaired) electrons. The topological polar surface area (TPSA) is 111 Å². The van der Waals surface area contributed by atoms with E-state index < -0.39 is 15.6 Å². The fourth-order valence-electron chi connectivity index (χ4n) is 1.97. The molecule has 0 spiro atoms. The average molecular weight is 302 g/mol. The second-order valence-corrected chi connectivity index (χ2v) is 6.50. The van der Waals surface area contributed by atoms with Crippen molar-refractivity contribution in [3.63, 3.8) is 0 Å². The van der Waals surface area contributed by atoms with Gasteiger partial charge in [0.1, 0.15) is 11.4 Å². The number of ether oxygens (including phenoxy) is 2. The second kappa shape index (κ2) is 5.57. The summed E-state index contributed by atoms with van der Waals surface area (Å²) >= 11 is 0. The smallest absolute Gasteiger partial charge is 0.240 e. The first-order chi connectivity index (χ1) is 9.38. The van der Waals surface area contributed by atoms with Crippen LogP contribution in [0.25, 0.3) is 0 Å². The molecule has 1 aromatic rings. The van der Waals surface area contributed by atoms with Crippen molar-refractivity contribution in [1.82, 2.24) is 4.72 Å². The molecule has 4 N–H and O–H groups in total. The van der Waals surface area contributed by atoms with Gasteiger partial charge in [-0.15, -0.1) is 0 Å². The molecule has 1 unspecified atom stereocenters. The zero-order chi connectivity index (χ0) is 14.8. The molecule has 1 aromatic carbocycles. The van der Waals surface area contributed by atoms with Crippen LogP contribution in [0.1, 0.15) is 6.42 Å². The van der Waals surface area contributed by atoms with Crippen molar-refractivity contribution in [2.45, 2.75) is 16.9 Å². The fourth-order valence-corrected chi connectivity index (χ4v) is 3.12. The van der Waals surface area contributed by atoms with Gasteiger partial charge in [0.25, 0.3) is 0 Å². The number of benzene rings is 1. The van der Waals surface area contributed by atoms with Gasteiger partial charge in [-0.25, -0.2) is 13.1 Å². The van der Waals surface area contributed by atoms with E-state index in [0.717, 1.165) is 0 Å². The number of hydrogen-bond acceptors (Lipinski definition) is 6. The van der Waals surface area contributed by atoms with Crippen molar-refractivity contribution >= 4 is 15.7 Å². The van der Waals surface area contributed by atoms with Crippen molar-refractivity contribution < 1.29 is 23.0 Å². The molecule has 1 fully saturated rings. The van der Waals surface area contributed by atoms with Crippen molar-refractivity contribution in [2.75, 3.05) is 32.6 Å². The molecule has 112 valence electrons. The molecule has 1 saturated heterocycles. The van der Waals surface area contributed by atoms with Gasteiger partial charge in [-0.2, -0.15) is 0 Å². The third-order valence-electron chi connectivity index (χ3n) is 3.39. The minimum absolute atomic E-state index is 0.00188. The molecule has 2 rings (SSSR count). The Balaban J connectivity index is 2.13. The number of sulfonamides is 1. The lowest BCUT2D eigenvalue weighted by Crippen LogP contribution is -2.44. The molecule has 1 atom stereocenters. The van der Waals surface area contributed by atoms with Crippen molar-refractivity contribution in [1.29, 1.82) is 0 Å². The summed E-state index contributed by atoms with van der Waals surface area (Å²) in [5, 5.41) is 9.31. The number of aromatic hydroxyl groups is 1. The molecule has 20 heavy (non-hydrogen) atoms. The van der Waals surface area contributed by atoms with E-state index in [1.165, 1.54) is 25.3 Å². The number of methoxy groups -OCH3 is 1. The van der Waals surface area contributed by atoms with Crippen LogP contribution in [0.4, 0.5) is 5.69 Å². The van der Waals surface area contributed by atoms with Crippen molar-refractivity contribution in [2.24, 2.45) is 0 Å². The Morgan fingerprint density at radius 1 is 1.55 bits per heavy atom. The summed E-state index contributed by atoms with van der Waals surface area (Å²) in [5.74, 6) is -0.151. The Bertz CT molecular complexity index is 582. The van der Waals surface area contributed by atoms with Crippen LogP contribution in [-0.4, -0.2) is 46.0 Å². The number of anilines is 1. The molecule has 1 heterocycles. The molecule has 0 bridgehead atoms. The van der Waals surface area contributed by atoms with Crippen LogP contribution in [0.3, 0.4) is 0 Å². The van der Waals surface area contributed by atoms with Gasteiger partial charge in [0.2, 0.25) is 10.0 Å². The Kier molecular flexibility index (Phi) is 4.19. The van der Waals surface area contributed by atoms with Crippen LogP contribution in [0.2, 0.25) is 0 Å². The lowest BCUT2D eigenvalue weighted by Gasteiger charge is -2.25. The Morgan fingerprint density at radius 2 is 2.30 bits per heavy atom. The van der Waals surface area contributed by atoms with Crippen LogP contribution >= 0.6 is 0 Å². The van der Waals surface area contributed by atoms with Gasteiger partial charge in [-0.3, -0.25) is 0 Å². The van der Waals surface area contributed by atoms with Gasteiger partial charge >= 0.3 is 0 Å². The van der Waals surface area contributed by atoms with Crippen LogP contribution in [0.5, 0.6) is 5.75 Å². The summed E-state index contributed by atoms with van der Waals surface area (Å²) < 4.78 is 37.4. The fraction of sp³-hybridized carbons (Fsp3) is 0.500. The number of phenolic OH excluding ortho intramolecular Hbond substituents is 1. The van der Waals surface area contributed by atoms with Crippen molar-refractivity contribution in [3.8, 4) is 5.75 Å². The molecule has 8 heteroatoms. The maximum absolute atomic E-state index is 12.2. The van der Waals surface area contributed by atoms with Crippen LogP contribution < -0.4 is 10.5 Å². The first kappa shape index (κ1) is 15.0. The monoisotopic (exact) mass is 302 g/mol. The van der Waals surface area contributed by atoms with Crippen molar-refractivity contribution in [3.05, 3.63) is 18.2 Å². The quantitative estimate of drug-likeness (QED) is 0.524. The lowest BCUT2D eigenvalue weighted by atomic mass is 10.0. The van der Waals surface area contributed by atoms with E-state index in [4.69, 9.17) is 15.2 Å². The van der Waals surface area contributed by atoms with E-state index in [-0.39, 0.29) is 22.9 Å². The molecular weight excluding hydrogens is 284 g/mol. The van der Waals surface area contributed by atoms with Gasteiger partial charge in [0, 0.05) is 26.7 Å². The number of hydrogen-bond donors (Lipinski definition) is 3. The Hall–Kier alpha value is -1.35. The predicted molar refractivity (Wildman–Crippen MR) is 72.9 cm³/mol. The lowest BCUT2D eigenvalue weighted by molar-refractivity contribution is -0.0120. The Labute approximate surface area is 117 Å². The molecule has 0 aliphatic carbocycles. The van der Waals surface area contributed by atoms with Crippen LogP contribution in [0, 0.1) is 0 Å². The Morgan fingerprint density at radius 3 is 2.85 bits per heavy atom. The summed E-state index contributed by atoms with van der Waals surface area (Å²) in [7, 11) is -2.18. The van der Waals surface area contributed by atoms with E-state index in [1.54, 1.807) is 0 Å². The number of nitrogens with one attached hydrogen (secondary N) is 1. The van der Waals surface area contributed by atoms with Gasteiger partial charge in [0.05, 0.1) is 17.2 Å². The summed E-state index contributed by atoms with van der Waals surface area (Å²) in [4.78, 5) is -0.00188. The van der Waals surface area contributed by atoms with Gasteiger partial charge in [-0.05, 0) is 18.2 Å². The van der Waals surface area contributed by atoms with Gasteiger partial charge < -0.3 is 20.3 Å². The second-order valence-electron chi connectivity index (χ2n) is 4.73. The SMILES string of the molecule is COC1(CNS(=O)(=O)c2ccc(O)c(N)c2)CCOC1. The number of phenols is 1. The molecule has 1 aliphatic rings. The first-order valence-electron chi connectivity index (χ1n) is 6.10. The molecule has 0 saturated carbocycles. The van der Waals surface area contributed by atoms with E-state index in [9.17, 15) is 13.5 Å². The summed E-state index contributed by atoms with van der Waals surface area (Å²) in [6.07, 6.45) is 0.629. The van der Waals surface area contributed by atoms with E-state index in [0.29, 0.717) is 19.6 Å². The van der Waals surface area contributed by atoms with Crippen LogP contribution in [0.15, 0.2) is 23.1 Å². The highest BCUT2D eigenvalue weighted by molar-refractivity contribution is 7.89. The highest BCUT2D eigenvalue weighted by atomic mass is 32.2. The van der Waals surface area contributed by atoms with E-state index in [1.807, 2.05) is 0 Å². The van der Waals surface area contributed by atoms with Crippen LogP contribution in [-0.2, 0) is 19.5 Å². The molecule has 1 aliphatic heterocycles. The minimum atomic E-state index is -3.71. The van der Waals surface area contributed by atoms with Gasteiger partial charge in [0.15, 0.2) is 0 Å². The standard InChI is InChI=1S/C12H18N2O5S/c1-18-12(4-5-19-8-12)7-14-20(16,17)9-2-3-11(15)10(13)6-9/h2-3,6,14-15H,4-5,7-8,13H2,1H3. The van der Waals surface area contributed by atoms with E-state index in [2.05, 4.69) is 4.72 Å². The first-order valence-corrected chi connectivity index (χ1v) is 7.58. The average Bonchev–Trinajstić information content (AvgIpc) is 2.89. The molecule has 0 aromatic heterocycles. The van der Waals surface area contributed by atoms with Gasteiger partial charge in [-0.1, -0.05) is 0 Å². The highest BCUT2D eigenvalue weighted by Crippen LogP contribution is 2.25. The molecule has 0 amide bonds. The maximum Gasteiger partial charge on any atom is 0.240 e. The zero-order valence-corrected chi connectivity index (χ0v) is 11.9. The summed E-state index contributed by atoms with van der Waals surface area (Å²) in [5.41, 5.74) is 4.88. The zero-order valence-electron chi connectivity index (χ0n) is 11.1. The van der Waals surface area contributed by atoms with E-state index >= 15 is 0 Å². The number of nitrogen functional groups attached to an aromatic ring is 1. The predicted octanol–water partition coefficient (Wildman–Crippen LogP) is 0.0582. The minimum Gasteiger partial charge on any atom is -0.506 e. The molecular formula is C12H18N2O5S. The number of rotatable bonds is 5. The summed E-state index contributed by atoms with van der Waals surface area (Å²) in [6.45, 7) is 1.01. The summed E-state index contributed by atoms with van der Waals surface area (Å²) in [6, 6.07) is 3.75. The normalized spacial score (nSPS) is 23.1. The third-order valence-corrected chi connectivity index (χ3v) is 4.79. The largest absolute Gasteiger partial charge is 0.506 e. The highest BCUT2D eigenvalue weighted by Gasteiger charge is 2.36. The molecule has 7 nitrogen and oxygen atoms in total.